The van der Waals surface area contributed by atoms with E-state index in [2.05, 4.69) is 115 Å². The molecule has 0 spiro atoms. The lowest BCUT2D eigenvalue weighted by atomic mass is 9.92. The molecular formula is C35H24N2P+. The van der Waals surface area contributed by atoms with E-state index in [1.165, 1.54) is 15.9 Å². The number of rotatable bonds is 5. The Morgan fingerprint density at radius 2 is 0.842 bits per heavy atom. The van der Waals surface area contributed by atoms with E-state index < -0.39 is 7.26 Å². The van der Waals surface area contributed by atoms with E-state index in [0.717, 1.165) is 33.3 Å². The van der Waals surface area contributed by atoms with Crippen LogP contribution in [0.5, 0.6) is 0 Å². The maximum Gasteiger partial charge on any atom is 0.116 e. The zero-order valence-corrected chi connectivity index (χ0v) is 21.6. The lowest BCUT2D eigenvalue weighted by molar-refractivity contribution is 1.40. The average Bonchev–Trinajstić information content (AvgIpc) is 3.00. The van der Waals surface area contributed by atoms with Crippen molar-refractivity contribution in [2.75, 3.05) is 0 Å². The molecule has 0 fully saturated rings. The third-order valence-corrected chi connectivity index (χ3v) is 11.7. The Labute approximate surface area is 223 Å². The lowest BCUT2D eigenvalue weighted by Gasteiger charge is -2.28. The van der Waals surface area contributed by atoms with Crippen molar-refractivity contribution in [3.63, 3.8) is 0 Å². The quantitative estimate of drug-likeness (QED) is 0.184. The summed E-state index contributed by atoms with van der Waals surface area (Å²) in [6.45, 7) is 0. The van der Waals surface area contributed by atoms with Gasteiger partial charge >= 0.3 is 0 Å². The first-order valence-electron chi connectivity index (χ1n) is 12.6. The van der Waals surface area contributed by atoms with Crippen molar-refractivity contribution in [1.82, 2.24) is 0 Å². The number of benzene rings is 6. The first-order chi connectivity index (χ1) is 18.8. The minimum Gasteiger partial charge on any atom is -0.192 e. The Bertz CT molecular complexity index is 1750. The molecule has 3 heteroatoms. The first-order valence-corrected chi connectivity index (χ1v) is 14.6. The first kappa shape index (κ1) is 23.6. The van der Waals surface area contributed by atoms with Crippen LogP contribution < -0.4 is 15.9 Å². The molecule has 0 aliphatic heterocycles. The molecule has 0 bridgehead atoms. The van der Waals surface area contributed by atoms with Crippen LogP contribution in [0.1, 0.15) is 16.7 Å². The standard InChI is InChI=1S/C35H24N2P/c36-23-34-30-18-10-11-19-31(30)35(24-37)33-22-26(20-21-32(33)34)25-38(27-12-4-1-5-13-27,28-14-6-2-7-15-28)29-16-8-3-9-17-29/h1-22H,25H2/q+1. The molecule has 0 atom stereocenters. The van der Waals surface area contributed by atoms with Crippen LogP contribution in [0.2, 0.25) is 0 Å². The van der Waals surface area contributed by atoms with E-state index in [9.17, 15) is 10.5 Å². The monoisotopic (exact) mass is 503 g/mol. The Hall–Kier alpha value is -4.75. The van der Waals surface area contributed by atoms with Crippen molar-refractivity contribution in [2.24, 2.45) is 0 Å². The van der Waals surface area contributed by atoms with Gasteiger partial charge in [0.2, 0.25) is 0 Å². The number of nitrogens with zero attached hydrogens (tertiary/aromatic N) is 2. The summed E-state index contributed by atoms with van der Waals surface area (Å²) in [4.78, 5) is 0. The lowest BCUT2D eigenvalue weighted by Crippen LogP contribution is -2.32. The number of fused-ring (bicyclic) bond motifs is 2. The number of hydrogen-bond donors (Lipinski definition) is 0. The normalized spacial score (nSPS) is 11.2. The summed E-state index contributed by atoms with van der Waals surface area (Å²) in [6.07, 6.45) is 0.806. The van der Waals surface area contributed by atoms with Crippen molar-refractivity contribution in [3.8, 4) is 12.1 Å². The van der Waals surface area contributed by atoms with E-state index in [1.54, 1.807) is 0 Å². The van der Waals surface area contributed by atoms with Crippen LogP contribution in [0.15, 0.2) is 133 Å². The fourth-order valence-corrected chi connectivity index (χ4v) is 9.84. The van der Waals surface area contributed by atoms with Gasteiger partial charge in [0.05, 0.1) is 17.3 Å². The van der Waals surface area contributed by atoms with Crippen molar-refractivity contribution in [3.05, 3.63) is 150 Å². The minimum absolute atomic E-state index is 0.622. The Kier molecular flexibility index (Phi) is 6.19. The second-order valence-electron chi connectivity index (χ2n) is 9.37. The Morgan fingerprint density at radius 3 is 1.29 bits per heavy atom. The predicted molar refractivity (Wildman–Crippen MR) is 160 cm³/mol. The molecule has 0 aliphatic rings. The van der Waals surface area contributed by atoms with Gasteiger partial charge in [-0.05, 0) is 48.0 Å². The Morgan fingerprint density at radius 1 is 0.447 bits per heavy atom. The molecule has 6 rings (SSSR count). The molecule has 0 unspecified atom stereocenters. The molecule has 0 radical (unpaired) electrons. The molecule has 2 nitrogen and oxygen atoms in total. The fraction of sp³-hybridized carbons (Fsp3) is 0.0286. The van der Waals surface area contributed by atoms with Crippen LogP contribution in [0.25, 0.3) is 21.5 Å². The molecule has 0 aromatic heterocycles. The molecule has 0 saturated heterocycles. The molecule has 6 aromatic rings. The third-order valence-electron chi connectivity index (χ3n) is 7.32. The zero-order valence-electron chi connectivity index (χ0n) is 20.8. The second kappa shape index (κ2) is 9.95. The SMILES string of the molecule is N#Cc1c2ccccc2c(C#N)c2cc(C[P+](c3ccccc3)(c3ccccc3)c3ccccc3)ccc12. The van der Waals surface area contributed by atoms with E-state index in [1.807, 2.05) is 30.3 Å². The number of hydrogen-bond acceptors (Lipinski definition) is 2. The molecule has 38 heavy (non-hydrogen) atoms. The van der Waals surface area contributed by atoms with Gasteiger partial charge in [0.15, 0.2) is 0 Å². The van der Waals surface area contributed by atoms with Crippen molar-refractivity contribution >= 4 is 44.7 Å². The van der Waals surface area contributed by atoms with Crippen LogP contribution in [0.3, 0.4) is 0 Å². The number of nitriles is 2. The summed E-state index contributed by atoms with van der Waals surface area (Å²) in [5.41, 5.74) is 2.40. The van der Waals surface area contributed by atoms with E-state index in [0.29, 0.717) is 11.1 Å². The Balaban J connectivity index is 1.65. The van der Waals surface area contributed by atoms with E-state index in [4.69, 9.17) is 0 Å². The highest BCUT2D eigenvalue weighted by Crippen LogP contribution is 2.58. The van der Waals surface area contributed by atoms with E-state index in [-0.39, 0.29) is 0 Å². The smallest absolute Gasteiger partial charge is 0.116 e. The molecule has 178 valence electrons. The highest BCUT2D eigenvalue weighted by Gasteiger charge is 2.45. The highest BCUT2D eigenvalue weighted by atomic mass is 31.2. The van der Waals surface area contributed by atoms with Crippen LogP contribution in [0.4, 0.5) is 0 Å². The zero-order chi connectivity index (χ0) is 26.0. The molecule has 0 amide bonds. The van der Waals surface area contributed by atoms with Gasteiger partial charge in [0.25, 0.3) is 0 Å². The average molecular weight is 504 g/mol. The maximum atomic E-state index is 10.2. The van der Waals surface area contributed by atoms with Gasteiger partial charge < -0.3 is 0 Å². The molecule has 0 saturated carbocycles. The van der Waals surface area contributed by atoms with Crippen LogP contribution in [-0.2, 0) is 6.16 Å². The highest BCUT2D eigenvalue weighted by molar-refractivity contribution is 7.95. The third kappa shape index (κ3) is 3.84. The van der Waals surface area contributed by atoms with Crippen LogP contribution in [0, 0.1) is 22.7 Å². The molecule has 0 N–H and O–H groups in total. The molecule has 0 heterocycles. The molecule has 6 aromatic carbocycles. The second-order valence-corrected chi connectivity index (χ2v) is 12.9. The van der Waals surface area contributed by atoms with Gasteiger partial charge in [-0.1, -0.05) is 91.0 Å². The summed E-state index contributed by atoms with van der Waals surface area (Å²) < 4.78 is 0. The fourth-order valence-electron chi connectivity index (χ4n) is 5.61. The minimum atomic E-state index is -2.09. The van der Waals surface area contributed by atoms with Gasteiger partial charge in [-0.2, -0.15) is 10.5 Å². The summed E-state index contributed by atoms with van der Waals surface area (Å²) in [5.74, 6) is 0. The van der Waals surface area contributed by atoms with Crippen molar-refractivity contribution in [2.45, 2.75) is 6.16 Å². The summed E-state index contributed by atoms with van der Waals surface area (Å²) in [7, 11) is -2.09. The van der Waals surface area contributed by atoms with Gasteiger partial charge in [0.1, 0.15) is 35.3 Å². The topological polar surface area (TPSA) is 47.6 Å². The van der Waals surface area contributed by atoms with Gasteiger partial charge in [-0.25, -0.2) is 0 Å². The molecular weight excluding hydrogens is 479 g/mol. The largest absolute Gasteiger partial charge is 0.192 e. The van der Waals surface area contributed by atoms with Crippen molar-refractivity contribution in [1.29, 1.82) is 10.5 Å². The summed E-state index contributed by atoms with van der Waals surface area (Å²) in [5, 5.41) is 27.6. The van der Waals surface area contributed by atoms with Crippen LogP contribution >= 0.6 is 7.26 Å². The van der Waals surface area contributed by atoms with Gasteiger partial charge in [-0.3, -0.25) is 0 Å². The predicted octanol–water partition coefficient (Wildman–Crippen LogP) is 7.23. The maximum absolute atomic E-state index is 10.2. The summed E-state index contributed by atoms with van der Waals surface area (Å²) >= 11 is 0. The summed E-state index contributed by atoms with van der Waals surface area (Å²) in [6, 6.07) is 51.3. The van der Waals surface area contributed by atoms with Crippen molar-refractivity contribution < 1.29 is 0 Å². The van der Waals surface area contributed by atoms with Crippen LogP contribution in [-0.4, -0.2) is 0 Å². The van der Waals surface area contributed by atoms with Gasteiger partial charge in [0, 0.05) is 21.5 Å². The van der Waals surface area contributed by atoms with E-state index >= 15 is 0 Å². The molecule has 0 aliphatic carbocycles. The van der Waals surface area contributed by atoms with Gasteiger partial charge in [-0.15, -0.1) is 0 Å².